The molecule has 1 fully saturated rings. The van der Waals surface area contributed by atoms with Gasteiger partial charge in [0, 0.05) is 23.4 Å². The standard InChI is InChI=1S/C25H31N3O4S/c1-6-32-22-15-19(10-12-21(22)31-5)24(29)27-13-7-8-17-14-18(9-11-20(17)27)23-16(2)33-25(30)26-28(23,3)4/h9-12,14-16,23H,6-8,13H2,1-5H3/p+1. The Balaban J connectivity index is 1.65. The number of carbonyl (C=O) groups is 2. The predicted octanol–water partition coefficient (Wildman–Crippen LogP) is 4.56. The highest BCUT2D eigenvalue weighted by atomic mass is 32.2. The first kappa shape index (κ1) is 23.4. The van der Waals surface area contributed by atoms with Gasteiger partial charge in [-0.3, -0.25) is 9.59 Å². The summed E-state index contributed by atoms with van der Waals surface area (Å²) in [5, 5.41) is 0.147. The number of quaternary nitrogens is 1. The molecule has 2 aromatic rings. The lowest BCUT2D eigenvalue weighted by Gasteiger charge is -2.43. The maximum atomic E-state index is 13.5. The number of rotatable bonds is 5. The van der Waals surface area contributed by atoms with Crippen LogP contribution in [0.3, 0.4) is 0 Å². The molecule has 0 bridgehead atoms. The van der Waals surface area contributed by atoms with E-state index in [1.165, 1.54) is 22.9 Å². The van der Waals surface area contributed by atoms with E-state index in [2.05, 4.69) is 30.5 Å². The fraction of sp³-hybridized carbons (Fsp3) is 0.440. The fourth-order valence-electron chi connectivity index (χ4n) is 4.98. The van der Waals surface area contributed by atoms with Gasteiger partial charge in [-0.2, -0.15) is 5.43 Å². The van der Waals surface area contributed by atoms with Crippen LogP contribution in [0.2, 0.25) is 0 Å². The first-order chi connectivity index (χ1) is 15.7. The van der Waals surface area contributed by atoms with Gasteiger partial charge in [0.05, 0.1) is 33.1 Å². The Hall–Kier alpha value is -2.71. The van der Waals surface area contributed by atoms with Crippen LogP contribution in [0.1, 0.15) is 47.8 Å². The van der Waals surface area contributed by atoms with E-state index in [4.69, 9.17) is 9.47 Å². The molecule has 0 aromatic heterocycles. The molecule has 2 unspecified atom stereocenters. The maximum absolute atomic E-state index is 13.5. The van der Waals surface area contributed by atoms with Crippen molar-refractivity contribution in [3.8, 4) is 11.5 Å². The van der Waals surface area contributed by atoms with Gasteiger partial charge >= 0.3 is 5.24 Å². The number of hydrogen-bond donors (Lipinski definition) is 1. The van der Waals surface area contributed by atoms with Gasteiger partial charge in [-0.25, -0.2) is 4.59 Å². The zero-order chi connectivity index (χ0) is 23.8. The summed E-state index contributed by atoms with van der Waals surface area (Å²) in [6, 6.07) is 11.8. The van der Waals surface area contributed by atoms with E-state index in [1.807, 2.05) is 25.9 Å². The second-order valence-corrected chi connectivity index (χ2v) is 10.3. The summed E-state index contributed by atoms with van der Waals surface area (Å²) < 4.78 is 11.4. The Morgan fingerprint density at radius 1 is 1.21 bits per heavy atom. The van der Waals surface area contributed by atoms with Crippen molar-refractivity contribution in [1.29, 1.82) is 0 Å². The van der Waals surface area contributed by atoms with Crippen LogP contribution >= 0.6 is 11.8 Å². The summed E-state index contributed by atoms with van der Waals surface area (Å²) in [6.07, 6.45) is 1.83. The third-order valence-electron chi connectivity index (χ3n) is 6.33. The number of fused-ring (bicyclic) bond motifs is 1. The number of carbonyl (C=O) groups excluding carboxylic acids is 2. The Morgan fingerprint density at radius 3 is 2.70 bits per heavy atom. The topological polar surface area (TPSA) is 67.9 Å². The Bertz CT molecular complexity index is 1070. The number of nitrogens with zero attached hydrogens (tertiary/aromatic N) is 2. The number of aryl methyl sites for hydroxylation is 1. The molecule has 2 amide bonds. The molecule has 0 aliphatic carbocycles. The molecule has 0 spiro atoms. The quantitative estimate of drug-likeness (QED) is 0.649. The normalized spacial score (nSPS) is 21.7. The van der Waals surface area contributed by atoms with Crippen molar-refractivity contribution in [3.63, 3.8) is 0 Å². The number of ether oxygens (including phenoxy) is 2. The average molecular weight is 471 g/mol. The highest BCUT2D eigenvalue weighted by molar-refractivity contribution is 8.14. The van der Waals surface area contributed by atoms with E-state index in [1.54, 1.807) is 25.3 Å². The summed E-state index contributed by atoms with van der Waals surface area (Å²) in [5.41, 5.74) is 6.94. The molecule has 0 saturated carbocycles. The number of anilines is 1. The SMILES string of the molecule is CCOc1cc(C(=O)N2CCCc3cc(C4C(C)SC(=O)N[N+]4(C)C)ccc32)ccc1OC. The van der Waals surface area contributed by atoms with Crippen LogP contribution in [0.25, 0.3) is 0 Å². The monoisotopic (exact) mass is 470 g/mol. The average Bonchev–Trinajstić information content (AvgIpc) is 2.77. The van der Waals surface area contributed by atoms with Crippen LogP contribution in [-0.2, 0) is 6.42 Å². The van der Waals surface area contributed by atoms with Crippen LogP contribution < -0.4 is 19.8 Å². The van der Waals surface area contributed by atoms with E-state index in [-0.39, 0.29) is 22.4 Å². The minimum absolute atomic E-state index is 0.00407. The first-order valence-electron chi connectivity index (χ1n) is 11.3. The van der Waals surface area contributed by atoms with E-state index >= 15 is 0 Å². The van der Waals surface area contributed by atoms with E-state index in [9.17, 15) is 9.59 Å². The van der Waals surface area contributed by atoms with Gasteiger partial charge in [-0.1, -0.05) is 17.8 Å². The van der Waals surface area contributed by atoms with E-state index in [0.717, 1.165) is 18.5 Å². The number of methoxy groups -OCH3 is 1. The van der Waals surface area contributed by atoms with Gasteiger partial charge < -0.3 is 14.4 Å². The largest absolute Gasteiger partial charge is 0.493 e. The van der Waals surface area contributed by atoms with E-state index < -0.39 is 0 Å². The van der Waals surface area contributed by atoms with Gasteiger partial charge in [0.1, 0.15) is 6.04 Å². The number of hydrogen-bond acceptors (Lipinski definition) is 5. The van der Waals surface area contributed by atoms with Gasteiger partial charge in [-0.05, 0) is 62.6 Å². The molecule has 2 heterocycles. The van der Waals surface area contributed by atoms with Crippen LogP contribution in [0.4, 0.5) is 10.5 Å². The summed E-state index contributed by atoms with van der Waals surface area (Å²) in [4.78, 5) is 27.4. The van der Waals surface area contributed by atoms with Crippen LogP contribution in [0.5, 0.6) is 11.5 Å². The summed E-state index contributed by atoms with van der Waals surface area (Å²) in [7, 11) is 5.64. The van der Waals surface area contributed by atoms with Crippen LogP contribution in [0, 0.1) is 0 Å². The van der Waals surface area contributed by atoms with Crippen molar-refractivity contribution in [3.05, 3.63) is 53.1 Å². The molecule has 1 N–H and O–H groups in total. The number of amides is 2. The van der Waals surface area contributed by atoms with Crippen molar-refractivity contribution in [2.75, 3.05) is 39.3 Å². The third kappa shape index (κ3) is 4.54. The van der Waals surface area contributed by atoms with Crippen molar-refractivity contribution in [1.82, 2.24) is 5.43 Å². The molecule has 2 aromatic carbocycles. The molecule has 7 nitrogen and oxygen atoms in total. The highest BCUT2D eigenvalue weighted by Gasteiger charge is 2.43. The predicted molar refractivity (Wildman–Crippen MR) is 131 cm³/mol. The lowest BCUT2D eigenvalue weighted by atomic mass is 9.94. The molecule has 8 heteroatoms. The number of thioether (sulfide) groups is 1. The molecule has 2 aliphatic rings. The van der Waals surface area contributed by atoms with Gasteiger partial charge in [0.15, 0.2) is 11.5 Å². The minimum Gasteiger partial charge on any atom is -0.493 e. The van der Waals surface area contributed by atoms with Crippen molar-refractivity contribution < 1.29 is 23.7 Å². The van der Waals surface area contributed by atoms with Crippen LogP contribution in [-0.4, -0.2) is 55.3 Å². The van der Waals surface area contributed by atoms with Crippen molar-refractivity contribution in [2.24, 2.45) is 0 Å². The second-order valence-electron chi connectivity index (χ2n) is 8.95. The number of nitrogens with one attached hydrogen (secondary N) is 1. The molecule has 176 valence electrons. The van der Waals surface area contributed by atoms with Gasteiger partial charge in [0.2, 0.25) is 0 Å². The highest BCUT2D eigenvalue weighted by Crippen LogP contribution is 2.40. The molecule has 0 radical (unpaired) electrons. The fourth-order valence-corrected chi connectivity index (χ4v) is 6.19. The maximum Gasteiger partial charge on any atom is 0.323 e. The van der Waals surface area contributed by atoms with E-state index in [0.29, 0.717) is 34.8 Å². The first-order valence-corrected chi connectivity index (χ1v) is 12.2. The second kappa shape index (κ2) is 9.27. The van der Waals surface area contributed by atoms with Crippen molar-refractivity contribution in [2.45, 2.75) is 38.0 Å². The Morgan fingerprint density at radius 2 is 2.00 bits per heavy atom. The lowest BCUT2D eigenvalue weighted by Crippen LogP contribution is -2.61. The van der Waals surface area contributed by atoms with Gasteiger partial charge in [-0.15, -0.1) is 0 Å². The lowest BCUT2D eigenvalue weighted by molar-refractivity contribution is -0.954. The third-order valence-corrected chi connectivity index (χ3v) is 7.27. The number of benzene rings is 2. The zero-order valence-electron chi connectivity index (χ0n) is 19.9. The Labute approximate surface area is 199 Å². The molecular weight excluding hydrogens is 438 g/mol. The summed E-state index contributed by atoms with van der Waals surface area (Å²) >= 11 is 1.34. The van der Waals surface area contributed by atoms with Gasteiger partial charge in [0.25, 0.3) is 5.91 Å². The smallest absolute Gasteiger partial charge is 0.323 e. The molecule has 1 saturated heterocycles. The summed E-state index contributed by atoms with van der Waals surface area (Å²) in [5.74, 6) is 1.14. The molecule has 33 heavy (non-hydrogen) atoms. The Kier molecular flexibility index (Phi) is 6.59. The van der Waals surface area contributed by atoms with Crippen LogP contribution in [0.15, 0.2) is 36.4 Å². The summed E-state index contributed by atoms with van der Waals surface area (Å²) in [6.45, 7) is 5.18. The molecule has 4 rings (SSSR count). The van der Waals surface area contributed by atoms with Crippen molar-refractivity contribution >= 4 is 28.6 Å². The zero-order valence-corrected chi connectivity index (χ0v) is 20.7. The molecule has 2 aliphatic heterocycles. The molecule has 2 atom stereocenters. The molecular formula is C25H32N3O4S+. The minimum atomic E-state index is -0.0442.